The molecular formula is C5H9NO2. The van der Waals surface area contributed by atoms with Gasteiger partial charge < -0.3 is 11.3 Å². The molecule has 0 aromatic rings. The van der Waals surface area contributed by atoms with E-state index in [1.807, 2.05) is 5.92 Å². The Hall–Kier alpha value is -1.01. The molecule has 0 aromatic carbocycles. The van der Waals surface area contributed by atoms with E-state index in [4.69, 9.17) is 5.11 Å². The summed E-state index contributed by atoms with van der Waals surface area (Å²) in [7, 11) is 0. The second-order valence-corrected chi connectivity index (χ2v) is 0.960. The van der Waals surface area contributed by atoms with Crippen LogP contribution in [-0.2, 0) is 4.79 Å². The van der Waals surface area contributed by atoms with Gasteiger partial charge in [0, 0.05) is 12.3 Å². The lowest BCUT2D eigenvalue weighted by atomic mass is 10.5. The molecule has 0 fully saturated rings. The van der Waals surface area contributed by atoms with Crippen LogP contribution in [0.1, 0.15) is 13.3 Å². The lowest BCUT2D eigenvalue weighted by molar-refractivity contribution is -0.130. The van der Waals surface area contributed by atoms with Crippen LogP contribution in [0.4, 0.5) is 0 Å². The van der Waals surface area contributed by atoms with Crippen molar-refractivity contribution in [2.45, 2.75) is 13.3 Å². The van der Waals surface area contributed by atoms with Gasteiger partial charge in [-0.3, -0.25) is 0 Å². The lowest BCUT2D eigenvalue weighted by Gasteiger charge is -1.67. The Morgan fingerprint density at radius 1 is 1.75 bits per heavy atom. The summed E-state index contributed by atoms with van der Waals surface area (Å²) in [6.45, 7) is 1.80. The molecule has 0 bridgehead atoms. The maximum Gasteiger partial charge on any atom is 0.381 e. The third kappa shape index (κ3) is 8.89. The summed E-state index contributed by atoms with van der Waals surface area (Å²) >= 11 is 0. The van der Waals surface area contributed by atoms with Crippen LogP contribution in [-0.4, -0.2) is 11.1 Å². The molecule has 0 saturated heterocycles. The molecule has 46 valence electrons. The molecule has 8 heavy (non-hydrogen) atoms. The van der Waals surface area contributed by atoms with Gasteiger partial charge in [0.2, 0.25) is 0 Å². The second kappa shape index (κ2) is 5.99. The van der Waals surface area contributed by atoms with Crippen molar-refractivity contribution in [1.82, 2.24) is 6.15 Å². The molecule has 3 nitrogen and oxygen atoms in total. The molecule has 0 atom stereocenters. The quantitative estimate of drug-likeness (QED) is 0.455. The summed E-state index contributed by atoms with van der Waals surface area (Å²) in [5, 5.41) is 7.87. The first-order valence-electron chi connectivity index (χ1n) is 1.99. The smallest absolute Gasteiger partial charge is 0.381 e. The Labute approximate surface area is 48.3 Å². The normalized spacial score (nSPS) is 5.62. The number of carbonyl (C=O) groups is 1. The fraction of sp³-hybridized carbons (Fsp3) is 0.400. The van der Waals surface area contributed by atoms with E-state index in [1.165, 1.54) is 0 Å². The van der Waals surface area contributed by atoms with E-state index in [0.29, 0.717) is 6.42 Å². The van der Waals surface area contributed by atoms with E-state index in [9.17, 15) is 4.79 Å². The van der Waals surface area contributed by atoms with Crippen LogP contribution in [0, 0.1) is 11.8 Å². The molecule has 0 aromatic heterocycles. The van der Waals surface area contributed by atoms with E-state index in [-0.39, 0.29) is 6.15 Å². The standard InChI is InChI=1S/C5H6O2.H3N/c1-2-3-4-5(6)7;/h2H2,1H3,(H,6,7);1H3. The predicted molar refractivity (Wildman–Crippen MR) is 30.7 cm³/mol. The zero-order chi connectivity index (χ0) is 5.70. The zero-order valence-electron chi connectivity index (χ0n) is 4.77. The van der Waals surface area contributed by atoms with Crippen molar-refractivity contribution < 1.29 is 9.90 Å². The maximum absolute atomic E-state index is 9.58. The van der Waals surface area contributed by atoms with Gasteiger partial charge in [0.15, 0.2) is 0 Å². The van der Waals surface area contributed by atoms with Crippen LogP contribution in [0.5, 0.6) is 0 Å². The van der Waals surface area contributed by atoms with Crippen molar-refractivity contribution in [2.75, 3.05) is 0 Å². The minimum atomic E-state index is -1.05. The number of carboxylic acid groups (broad SMARTS) is 1. The number of carboxylic acids is 1. The first kappa shape index (κ1) is 10.1. The second-order valence-electron chi connectivity index (χ2n) is 0.960. The molecule has 0 aliphatic heterocycles. The van der Waals surface area contributed by atoms with Gasteiger partial charge in [-0.15, -0.1) is 0 Å². The first-order chi connectivity index (χ1) is 3.27. The van der Waals surface area contributed by atoms with Crippen LogP contribution in [0.15, 0.2) is 0 Å². The lowest BCUT2D eigenvalue weighted by Crippen LogP contribution is -1.85. The summed E-state index contributed by atoms with van der Waals surface area (Å²) in [5.74, 6) is 3.31. The SMILES string of the molecule is CCC#CC(=O)O.N. The molecule has 0 amide bonds. The Morgan fingerprint density at radius 2 is 2.25 bits per heavy atom. The summed E-state index contributed by atoms with van der Waals surface area (Å²) in [5.41, 5.74) is 0. The highest BCUT2D eigenvalue weighted by Crippen LogP contribution is 1.65. The van der Waals surface area contributed by atoms with Crippen molar-refractivity contribution in [2.24, 2.45) is 0 Å². The Balaban J connectivity index is 0. The van der Waals surface area contributed by atoms with Gasteiger partial charge in [-0.25, -0.2) is 4.79 Å². The van der Waals surface area contributed by atoms with Crippen molar-refractivity contribution in [3.05, 3.63) is 0 Å². The number of hydrogen-bond acceptors (Lipinski definition) is 2. The molecule has 0 spiro atoms. The molecular weight excluding hydrogens is 106 g/mol. The predicted octanol–water partition coefficient (Wildman–Crippen LogP) is 0.646. The van der Waals surface area contributed by atoms with E-state index < -0.39 is 5.97 Å². The third-order valence-corrected chi connectivity index (χ3v) is 0.372. The van der Waals surface area contributed by atoms with Gasteiger partial charge in [-0.1, -0.05) is 12.8 Å². The fourth-order valence-corrected chi connectivity index (χ4v) is 0.164. The molecule has 0 heterocycles. The van der Waals surface area contributed by atoms with E-state index >= 15 is 0 Å². The first-order valence-corrected chi connectivity index (χ1v) is 1.99. The molecule has 0 aliphatic rings. The molecule has 0 radical (unpaired) electrons. The number of hydrogen-bond donors (Lipinski definition) is 2. The van der Waals surface area contributed by atoms with Crippen LogP contribution >= 0.6 is 0 Å². The number of rotatable bonds is 0. The monoisotopic (exact) mass is 115 g/mol. The molecule has 4 N–H and O–H groups in total. The van der Waals surface area contributed by atoms with Crippen LogP contribution < -0.4 is 6.15 Å². The largest absolute Gasteiger partial charge is 0.472 e. The van der Waals surface area contributed by atoms with E-state index in [0.717, 1.165) is 0 Å². The minimum Gasteiger partial charge on any atom is -0.472 e. The van der Waals surface area contributed by atoms with Gasteiger partial charge in [0.25, 0.3) is 0 Å². The van der Waals surface area contributed by atoms with Gasteiger partial charge in [-0.05, 0) is 0 Å². The van der Waals surface area contributed by atoms with Crippen molar-refractivity contribution in [3.63, 3.8) is 0 Å². The molecule has 0 unspecified atom stereocenters. The highest BCUT2D eigenvalue weighted by atomic mass is 16.4. The highest BCUT2D eigenvalue weighted by molar-refractivity contribution is 5.86. The average molecular weight is 115 g/mol. The highest BCUT2D eigenvalue weighted by Gasteiger charge is 1.77. The summed E-state index contributed by atoms with van der Waals surface area (Å²) in [4.78, 5) is 9.58. The Kier molecular flexibility index (Phi) is 7.54. The van der Waals surface area contributed by atoms with Gasteiger partial charge >= 0.3 is 5.97 Å². The number of aliphatic carboxylic acids is 1. The Bertz CT molecular complexity index is 120. The molecule has 0 saturated carbocycles. The van der Waals surface area contributed by atoms with Crippen molar-refractivity contribution >= 4 is 5.97 Å². The summed E-state index contributed by atoms with van der Waals surface area (Å²) < 4.78 is 0. The minimum absolute atomic E-state index is 0. The maximum atomic E-state index is 9.58. The van der Waals surface area contributed by atoms with Gasteiger partial charge in [0.05, 0.1) is 0 Å². The zero-order valence-corrected chi connectivity index (χ0v) is 4.77. The molecule has 0 rings (SSSR count). The van der Waals surface area contributed by atoms with Gasteiger partial charge in [0.1, 0.15) is 0 Å². The summed E-state index contributed by atoms with van der Waals surface area (Å²) in [6, 6.07) is 0. The van der Waals surface area contributed by atoms with Crippen LogP contribution in [0.3, 0.4) is 0 Å². The van der Waals surface area contributed by atoms with Crippen LogP contribution in [0.2, 0.25) is 0 Å². The average Bonchev–Trinajstić information content (AvgIpc) is 1.61. The van der Waals surface area contributed by atoms with E-state index in [1.54, 1.807) is 6.92 Å². The topological polar surface area (TPSA) is 72.3 Å². The Morgan fingerprint density at radius 3 is 2.38 bits per heavy atom. The fourth-order valence-electron chi connectivity index (χ4n) is 0.164. The van der Waals surface area contributed by atoms with Crippen molar-refractivity contribution in [3.8, 4) is 11.8 Å². The molecule has 3 heteroatoms. The summed E-state index contributed by atoms with van der Waals surface area (Å²) in [6.07, 6.45) is 0.603. The van der Waals surface area contributed by atoms with E-state index in [2.05, 4.69) is 5.92 Å². The third-order valence-electron chi connectivity index (χ3n) is 0.372. The molecule has 0 aliphatic carbocycles. The van der Waals surface area contributed by atoms with Crippen LogP contribution in [0.25, 0.3) is 0 Å². The van der Waals surface area contributed by atoms with Gasteiger partial charge in [-0.2, -0.15) is 0 Å². The van der Waals surface area contributed by atoms with Crippen molar-refractivity contribution in [1.29, 1.82) is 0 Å².